The van der Waals surface area contributed by atoms with Gasteiger partial charge in [0.15, 0.2) is 11.5 Å². The molecule has 84 valence electrons. The topological polar surface area (TPSA) is 44.2 Å². The van der Waals surface area contributed by atoms with E-state index in [2.05, 4.69) is 9.97 Å². The van der Waals surface area contributed by atoms with Gasteiger partial charge in [0.05, 0.1) is 19.7 Å². The first kappa shape index (κ1) is 11.0. The summed E-state index contributed by atoms with van der Waals surface area (Å²) in [7, 11) is 3.23. The molecule has 0 amide bonds. The summed E-state index contributed by atoms with van der Waals surface area (Å²) < 4.78 is 10.5. The minimum Gasteiger partial charge on any atom is -0.493 e. The number of fused-ring (bicyclic) bond motifs is 1. The van der Waals surface area contributed by atoms with Crippen molar-refractivity contribution in [3.8, 4) is 11.5 Å². The van der Waals surface area contributed by atoms with E-state index in [0.717, 1.165) is 15.9 Å². The van der Waals surface area contributed by atoms with Gasteiger partial charge < -0.3 is 9.47 Å². The Morgan fingerprint density at radius 2 is 1.75 bits per heavy atom. The van der Waals surface area contributed by atoms with Crippen molar-refractivity contribution in [2.45, 2.75) is 5.03 Å². The molecule has 0 aliphatic rings. The van der Waals surface area contributed by atoms with Gasteiger partial charge in [-0.1, -0.05) is 0 Å². The first-order chi connectivity index (χ1) is 7.80. The molecule has 16 heavy (non-hydrogen) atoms. The molecule has 5 heteroatoms. The van der Waals surface area contributed by atoms with Gasteiger partial charge in [0.1, 0.15) is 11.4 Å². The fourth-order valence-electron chi connectivity index (χ4n) is 1.52. The third-order valence-electron chi connectivity index (χ3n) is 2.30. The number of nitrogens with zero attached hydrogens (tertiary/aromatic N) is 2. The van der Waals surface area contributed by atoms with Gasteiger partial charge in [0, 0.05) is 11.5 Å². The lowest BCUT2D eigenvalue weighted by molar-refractivity contribution is 0.355. The molecule has 0 atom stereocenters. The molecule has 1 aromatic heterocycles. The van der Waals surface area contributed by atoms with Gasteiger partial charge in [-0.2, -0.15) is 0 Å². The highest BCUT2D eigenvalue weighted by Gasteiger charge is 2.09. The zero-order chi connectivity index (χ0) is 11.5. The van der Waals surface area contributed by atoms with E-state index < -0.39 is 0 Å². The second-order valence-corrected chi connectivity index (χ2v) is 3.90. The average molecular weight is 236 g/mol. The molecule has 0 bridgehead atoms. The summed E-state index contributed by atoms with van der Waals surface area (Å²) in [6, 6.07) is 3.76. The summed E-state index contributed by atoms with van der Waals surface area (Å²) in [5, 5.41) is 1.92. The first-order valence-electron chi connectivity index (χ1n) is 4.71. The molecule has 0 aliphatic carbocycles. The minimum atomic E-state index is 0.681. The normalized spacial score (nSPS) is 10.4. The van der Waals surface area contributed by atoms with Crippen LogP contribution in [0.5, 0.6) is 11.5 Å². The zero-order valence-electron chi connectivity index (χ0n) is 9.35. The standard InChI is InChI=1S/C11H12N2O2S/c1-14-9-4-7-8(5-10(9)15-2)12-6-13-11(7)16-3/h4-6H,1-3H3. The number of aromatic nitrogens is 2. The molecule has 1 aromatic carbocycles. The Morgan fingerprint density at radius 1 is 1.06 bits per heavy atom. The smallest absolute Gasteiger partial charge is 0.162 e. The predicted molar refractivity (Wildman–Crippen MR) is 64.4 cm³/mol. The molecule has 2 aromatic rings. The van der Waals surface area contributed by atoms with E-state index in [-0.39, 0.29) is 0 Å². The van der Waals surface area contributed by atoms with E-state index in [4.69, 9.17) is 9.47 Å². The lowest BCUT2D eigenvalue weighted by Gasteiger charge is -2.09. The van der Waals surface area contributed by atoms with E-state index in [1.807, 2.05) is 18.4 Å². The van der Waals surface area contributed by atoms with Gasteiger partial charge in [0.25, 0.3) is 0 Å². The summed E-state index contributed by atoms with van der Waals surface area (Å²) >= 11 is 1.58. The Labute approximate surface area is 98.0 Å². The average Bonchev–Trinajstić information content (AvgIpc) is 2.36. The third kappa shape index (κ3) is 1.78. The van der Waals surface area contributed by atoms with Crippen LogP contribution in [0.4, 0.5) is 0 Å². The lowest BCUT2D eigenvalue weighted by Crippen LogP contribution is -1.93. The molecule has 0 fully saturated rings. The van der Waals surface area contributed by atoms with Gasteiger partial charge in [-0.05, 0) is 12.3 Å². The highest BCUT2D eigenvalue weighted by molar-refractivity contribution is 7.98. The molecular weight excluding hydrogens is 224 g/mol. The monoisotopic (exact) mass is 236 g/mol. The van der Waals surface area contributed by atoms with Crippen molar-refractivity contribution < 1.29 is 9.47 Å². The summed E-state index contributed by atoms with van der Waals surface area (Å²) in [5.74, 6) is 1.38. The number of benzene rings is 1. The molecule has 4 nitrogen and oxygen atoms in total. The zero-order valence-corrected chi connectivity index (χ0v) is 10.2. The highest BCUT2D eigenvalue weighted by Crippen LogP contribution is 2.34. The summed E-state index contributed by atoms with van der Waals surface area (Å²) in [4.78, 5) is 8.43. The van der Waals surface area contributed by atoms with Crippen LogP contribution >= 0.6 is 11.8 Å². The van der Waals surface area contributed by atoms with Gasteiger partial charge in [0.2, 0.25) is 0 Å². The fraction of sp³-hybridized carbons (Fsp3) is 0.273. The van der Waals surface area contributed by atoms with Gasteiger partial charge in [-0.3, -0.25) is 0 Å². The van der Waals surface area contributed by atoms with Crippen LogP contribution in [0.3, 0.4) is 0 Å². The van der Waals surface area contributed by atoms with E-state index >= 15 is 0 Å². The van der Waals surface area contributed by atoms with Gasteiger partial charge in [-0.25, -0.2) is 9.97 Å². The van der Waals surface area contributed by atoms with Crippen molar-refractivity contribution in [1.29, 1.82) is 0 Å². The Hall–Kier alpha value is -1.49. The van der Waals surface area contributed by atoms with Gasteiger partial charge >= 0.3 is 0 Å². The van der Waals surface area contributed by atoms with Gasteiger partial charge in [-0.15, -0.1) is 11.8 Å². The second kappa shape index (κ2) is 4.57. The van der Waals surface area contributed by atoms with Crippen LogP contribution in [0.15, 0.2) is 23.5 Å². The SMILES string of the molecule is COc1cc2ncnc(SC)c2cc1OC. The molecule has 0 radical (unpaired) electrons. The molecule has 0 N–H and O–H groups in total. The molecule has 0 saturated heterocycles. The Morgan fingerprint density at radius 3 is 2.38 bits per heavy atom. The van der Waals surface area contributed by atoms with Crippen molar-refractivity contribution in [2.75, 3.05) is 20.5 Å². The Kier molecular flexibility index (Phi) is 3.14. The van der Waals surface area contributed by atoms with Crippen molar-refractivity contribution in [3.05, 3.63) is 18.5 Å². The number of rotatable bonds is 3. The number of thioether (sulfide) groups is 1. The molecular formula is C11H12N2O2S. The highest BCUT2D eigenvalue weighted by atomic mass is 32.2. The quantitative estimate of drug-likeness (QED) is 0.604. The van der Waals surface area contributed by atoms with Crippen molar-refractivity contribution in [3.63, 3.8) is 0 Å². The maximum Gasteiger partial charge on any atom is 0.162 e. The van der Waals surface area contributed by atoms with Crippen LogP contribution in [0.1, 0.15) is 0 Å². The van der Waals surface area contributed by atoms with Crippen molar-refractivity contribution in [1.82, 2.24) is 9.97 Å². The number of methoxy groups -OCH3 is 2. The number of hydrogen-bond donors (Lipinski definition) is 0. The van der Waals surface area contributed by atoms with E-state index in [9.17, 15) is 0 Å². The second-order valence-electron chi connectivity index (χ2n) is 3.11. The predicted octanol–water partition coefficient (Wildman–Crippen LogP) is 2.37. The molecule has 0 aliphatic heterocycles. The summed E-state index contributed by atoms with van der Waals surface area (Å²) in [6.45, 7) is 0. The maximum atomic E-state index is 5.25. The van der Waals surface area contributed by atoms with Crippen molar-refractivity contribution in [2.24, 2.45) is 0 Å². The fourth-order valence-corrected chi connectivity index (χ4v) is 2.06. The molecule has 1 heterocycles. The van der Waals surface area contributed by atoms with Crippen LogP contribution in [-0.4, -0.2) is 30.4 Å². The molecule has 0 spiro atoms. The maximum absolute atomic E-state index is 5.25. The molecule has 0 saturated carbocycles. The third-order valence-corrected chi connectivity index (χ3v) is 3.01. The Balaban J connectivity index is 2.72. The van der Waals surface area contributed by atoms with E-state index in [0.29, 0.717) is 11.5 Å². The van der Waals surface area contributed by atoms with E-state index in [1.165, 1.54) is 0 Å². The lowest BCUT2D eigenvalue weighted by atomic mass is 10.2. The van der Waals surface area contributed by atoms with Crippen LogP contribution in [0.2, 0.25) is 0 Å². The molecule has 2 rings (SSSR count). The Bertz CT molecular complexity index is 517. The minimum absolute atomic E-state index is 0.681. The summed E-state index contributed by atoms with van der Waals surface area (Å²) in [5.41, 5.74) is 0.858. The number of hydrogen-bond acceptors (Lipinski definition) is 5. The summed E-state index contributed by atoms with van der Waals surface area (Å²) in [6.07, 6.45) is 3.54. The van der Waals surface area contributed by atoms with Crippen molar-refractivity contribution >= 4 is 22.7 Å². The van der Waals surface area contributed by atoms with Crippen LogP contribution < -0.4 is 9.47 Å². The number of ether oxygens (including phenoxy) is 2. The molecule has 0 unspecified atom stereocenters. The van der Waals surface area contributed by atoms with Crippen LogP contribution in [-0.2, 0) is 0 Å². The first-order valence-corrected chi connectivity index (χ1v) is 5.93. The van der Waals surface area contributed by atoms with Crippen LogP contribution in [0.25, 0.3) is 10.9 Å². The van der Waals surface area contributed by atoms with E-state index in [1.54, 1.807) is 32.3 Å². The van der Waals surface area contributed by atoms with Crippen LogP contribution in [0, 0.1) is 0 Å². The largest absolute Gasteiger partial charge is 0.493 e.